The third kappa shape index (κ3) is 4.96. The van der Waals surface area contributed by atoms with E-state index in [2.05, 4.69) is 27.6 Å². The van der Waals surface area contributed by atoms with Crippen LogP contribution in [-0.4, -0.2) is 26.4 Å². The molecule has 1 N–H and O–H groups in total. The standard InChI is InChI=1S/C22H23ClN4O2S/c1-27-20(13-29-17-11-10-15-6-2-3-7-16(15)12-17)25-26-22(27)30-14-21(28)24-19-9-5-4-8-18(19)23/h4-5,8-12H,2-3,6-7,13-14H2,1H3,(H,24,28). The van der Waals surface area contributed by atoms with Crippen LogP contribution in [0.5, 0.6) is 5.75 Å². The van der Waals surface area contributed by atoms with Crippen molar-refractivity contribution in [3.8, 4) is 5.75 Å². The minimum atomic E-state index is -0.150. The molecule has 1 amide bonds. The van der Waals surface area contributed by atoms with E-state index in [0.717, 1.165) is 18.6 Å². The normalized spacial score (nSPS) is 13.0. The molecule has 0 fully saturated rings. The number of rotatable bonds is 7. The molecule has 0 bridgehead atoms. The fourth-order valence-corrected chi connectivity index (χ4v) is 4.34. The van der Waals surface area contributed by atoms with Gasteiger partial charge in [0.25, 0.3) is 0 Å². The van der Waals surface area contributed by atoms with Crippen molar-refractivity contribution >= 4 is 35.0 Å². The Balaban J connectivity index is 1.31. The Labute approximate surface area is 185 Å². The van der Waals surface area contributed by atoms with Crippen molar-refractivity contribution in [2.75, 3.05) is 11.1 Å². The van der Waals surface area contributed by atoms with Gasteiger partial charge in [-0.25, -0.2) is 0 Å². The van der Waals surface area contributed by atoms with Crippen LogP contribution in [0.25, 0.3) is 0 Å². The fraction of sp³-hybridized carbons (Fsp3) is 0.318. The maximum absolute atomic E-state index is 12.2. The summed E-state index contributed by atoms with van der Waals surface area (Å²) in [7, 11) is 1.87. The number of aromatic nitrogens is 3. The van der Waals surface area contributed by atoms with Crippen LogP contribution in [0.4, 0.5) is 5.69 Å². The molecule has 1 heterocycles. The molecule has 0 unspecified atom stereocenters. The summed E-state index contributed by atoms with van der Waals surface area (Å²) >= 11 is 7.40. The highest BCUT2D eigenvalue weighted by Crippen LogP contribution is 2.26. The van der Waals surface area contributed by atoms with Crippen LogP contribution in [0, 0.1) is 0 Å². The number of halogens is 1. The van der Waals surface area contributed by atoms with E-state index in [1.54, 1.807) is 12.1 Å². The van der Waals surface area contributed by atoms with Crippen LogP contribution >= 0.6 is 23.4 Å². The average Bonchev–Trinajstić information content (AvgIpc) is 3.11. The van der Waals surface area contributed by atoms with E-state index in [-0.39, 0.29) is 11.7 Å². The first-order chi connectivity index (χ1) is 14.6. The van der Waals surface area contributed by atoms with Crippen LogP contribution in [0.2, 0.25) is 5.02 Å². The van der Waals surface area contributed by atoms with Crippen molar-refractivity contribution in [1.82, 2.24) is 14.8 Å². The SMILES string of the molecule is Cn1c(COc2ccc3c(c2)CCCC3)nnc1SCC(=O)Nc1ccccc1Cl. The zero-order chi connectivity index (χ0) is 20.9. The molecule has 3 aromatic rings. The first-order valence-corrected chi connectivity index (χ1v) is 11.3. The number of benzene rings is 2. The lowest BCUT2D eigenvalue weighted by molar-refractivity contribution is -0.113. The summed E-state index contributed by atoms with van der Waals surface area (Å²) < 4.78 is 7.80. The predicted octanol–water partition coefficient (Wildman–Crippen LogP) is 4.66. The molecule has 0 aliphatic heterocycles. The Morgan fingerprint density at radius 2 is 1.97 bits per heavy atom. The molecule has 0 saturated carbocycles. The van der Waals surface area contributed by atoms with Gasteiger partial charge in [-0.15, -0.1) is 10.2 Å². The van der Waals surface area contributed by atoms with Crippen molar-refractivity contribution in [1.29, 1.82) is 0 Å². The molecule has 1 aliphatic carbocycles. The van der Waals surface area contributed by atoms with Crippen LogP contribution in [-0.2, 0) is 31.3 Å². The summed E-state index contributed by atoms with van der Waals surface area (Å²) in [5.74, 6) is 1.62. The molecular formula is C22H23ClN4O2S. The van der Waals surface area contributed by atoms with Gasteiger partial charge >= 0.3 is 0 Å². The largest absolute Gasteiger partial charge is 0.486 e. The zero-order valence-electron chi connectivity index (χ0n) is 16.7. The quantitative estimate of drug-likeness (QED) is 0.539. The van der Waals surface area contributed by atoms with Gasteiger partial charge < -0.3 is 14.6 Å². The third-order valence-electron chi connectivity index (χ3n) is 5.09. The number of nitrogens with one attached hydrogen (secondary N) is 1. The maximum atomic E-state index is 12.2. The van der Waals surface area contributed by atoms with Gasteiger partial charge in [0.05, 0.1) is 16.5 Å². The number of ether oxygens (including phenoxy) is 1. The fourth-order valence-electron chi connectivity index (χ4n) is 3.42. The Bertz CT molecular complexity index is 1050. The van der Waals surface area contributed by atoms with E-state index in [9.17, 15) is 4.79 Å². The molecule has 30 heavy (non-hydrogen) atoms. The second-order valence-electron chi connectivity index (χ2n) is 7.20. The Kier molecular flexibility index (Phi) is 6.59. The number of hydrogen-bond donors (Lipinski definition) is 1. The summed E-state index contributed by atoms with van der Waals surface area (Å²) in [6.07, 6.45) is 4.78. The minimum absolute atomic E-state index is 0.150. The molecule has 2 aromatic carbocycles. The minimum Gasteiger partial charge on any atom is -0.486 e. The topological polar surface area (TPSA) is 69.0 Å². The van der Waals surface area contributed by atoms with E-state index in [0.29, 0.717) is 28.3 Å². The number of amides is 1. The number of thioether (sulfide) groups is 1. The smallest absolute Gasteiger partial charge is 0.234 e. The van der Waals surface area contributed by atoms with Gasteiger partial charge in [0.2, 0.25) is 5.91 Å². The Hall–Kier alpha value is -2.51. The summed E-state index contributed by atoms with van der Waals surface area (Å²) in [4.78, 5) is 12.2. The lowest BCUT2D eigenvalue weighted by Gasteiger charge is -2.16. The molecule has 1 aliphatic rings. The van der Waals surface area contributed by atoms with Gasteiger partial charge in [-0.05, 0) is 61.1 Å². The number of carbonyl (C=O) groups excluding carboxylic acids is 1. The van der Waals surface area contributed by atoms with Crippen molar-refractivity contribution < 1.29 is 9.53 Å². The number of anilines is 1. The summed E-state index contributed by atoms with van der Waals surface area (Å²) in [5, 5.41) is 12.4. The highest BCUT2D eigenvalue weighted by atomic mass is 35.5. The van der Waals surface area contributed by atoms with Crippen LogP contribution in [0.3, 0.4) is 0 Å². The molecular weight excluding hydrogens is 420 g/mol. The van der Waals surface area contributed by atoms with Crippen LogP contribution in [0.15, 0.2) is 47.6 Å². The summed E-state index contributed by atoms with van der Waals surface area (Å²) in [5.41, 5.74) is 3.42. The number of para-hydroxylation sites is 1. The van der Waals surface area contributed by atoms with Crippen molar-refractivity contribution in [3.05, 3.63) is 64.4 Å². The van der Waals surface area contributed by atoms with E-state index in [4.69, 9.17) is 16.3 Å². The third-order valence-corrected chi connectivity index (χ3v) is 6.44. The predicted molar refractivity (Wildman–Crippen MR) is 119 cm³/mol. The molecule has 4 rings (SSSR count). The zero-order valence-corrected chi connectivity index (χ0v) is 18.3. The van der Waals surface area contributed by atoms with Crippen molar-refractivity contribution in [3.63, 3.8) is 0 Å². The van der Waals surface area contributed by atoms with Gasteiger partial charge in [0.1, 0.15) is 12.4 Å². The number of carbonyl (C=O) groups is 1. The first kappa shape index (κ1) is 20.8. The molecule has 0 saturated heterocycles. The highest BCUT2D eigenvalue weighted by Gasteiger charge is 2.14. The van der Waals surface area contributed by atoms with E-state index in [1.165, 1.54) is 35.7 Å². The molecule has 0 atom stereocenters. The Morgan fingerprint density at radius 3 is 2.80 bits per heavy atom. The van der Waals surface area contributed by atoms with E-state index < -0.39 is 0 Å². The molecule has 8 heteroatoms. The molecule has 156 valence electrons. The van der Waals surface area contributed by atoms with Crippen LogP contribution in [0.1, 0.15) is 29.8 Å². The van der Waals surface area contributed by atoms with Gasteiger partial charge in [-0.1, -0.05) is 41.6 Å². The Morgan fingerprint density at radius 1 is 1.17 bits per heavy atom. The van der Waals surface area contributed by atoms with Gasteiger partial charge in [-0.2, -0.15) is 0 Å². The average molecular weight is 443 g/mol. The van der Waals surface area contributed by atoms with Crippen molar-refractivity contribution in [2.45, 2.75) is 37.4 Å². The van der Waals surface area contributed by atoms with Gasteiger partial charge in [0, 0.05) is 7.05 Å². The molecule has 6 nitrogen and oxygen atoms in total. The first-order valence-electron chi connectivity index (χ1n) is 9.90. The van der Waals surface area contributed by atoms with E-state index >= 15 is 0 Å². The van der Waals surface area contributed by atoms with E-state index in [1.807, 2.05) is 29.8 Å². The van der Waals surface area contributed by atoms with Gasteiger partial charge in [0.15, 0.2) is 11.0 Å². The highest BCUT2D eigenvalue weighted by molar-refractivity contribution is 7.99. The number of aryl methyl sites for hydroxylation is 2. The number of nitrogens with zero attached hydrogens (tertiary/aromatic N) is 3. The van der Waals surface area contributed by atoms with Gasteiger partial charge in [-0.3, -0.25) is 4.79 Å². The molecule has 0 radical (unpaired) electrons. The monoisotopic (exact) mass is 442 g/mol. The number of hydrogen-bond acceptors (Lipinski definition) is 5. The summed E-state index contributed by atoms with van der Waals surface area (Å²) in [6.45, 7) is 0.328. The number of fused-ring (bicyclic) bond motifs is 1. The maximum Gasteiger partial charge on any atom is 0.234 e. The molecule has 0 spiro atoms. The second kappa shape index (κ2) is 9.53. The second-order valence-corrected chi connectivity index (χ2v) is 8.55. The van der Waals surface area contributed by atoms with Crippen LogP contribution < -0.4 is 10.1 Å². The summed E-state index contributed by atoms with van der Waals surface area (Å²) in [6, 6.07) is 13.5. The van der Waals surface area contributed by atoms with Crippen molar-refractivity contribution in [2.24, 2.45) is 7.05 Å². The lowest BCUT2D eigenvalue weighted by atomic mass is 9.92. The molecule has 1 aromatic heterocycles. The lowest BCUT2D eigenvalue weighted by Crippen LogP contribution is -2.14.